The van der Waals surface area contributed by atoms with Gasteiger partial charge in [-0.1, -0.05) is 26.0 Å². The van der Waals surface area contributed by atoms with E-state index in [1.165, 1.54) is 6.42 Å². The molecule has 1 rings (SSSR count). The third-order valence-corrected chi connectivity index (χ3v) is 2.68. The van der Waals surface area contributed by atoms with Gasteiger partial charge in [0.15, 0.2) is 0 Å². The molecule has 2 N–H and O–H groups in total. The molecule has 0 bridgehead atoms. The van der Waals surface area contributed by atoms with Crippen LogP contribution in [0.5, 0.6) is 5.75 Å². The molecule has 0 fully saturated rings. The zero-order valence-electron chi connectivity index (χ0n) is 11.5. The Hall–Kier alpha value is -1.22. The lowest BCUT2D eigenvalue weighted by Gasteiger charge is -2.09. The highest BCUT2D eigenvalue weighted by atomic mass is 16.5. The Balaban J connectivity index is 1.98. The van der Waals surface area contributed by atoms with E-state index >= 15 is 0 Å². The van der Waals surface area contributed by atoms with E-state index in [1.807, 2.05) is 24.3 Å². The highest BCUT2D eigenvalue weighted by Gasteiger charge is 1.98. The average Bonchev–Trinajstić information content (AvgIpc) is 2.34. The molecule has 1 aromatic rings. The molecule has 3 nitrogen and oxygen atoms in total. The second-order valence-corrected chi connectivity index (χ2v) is 4.89. The SMILES string of the molecule is CC(C)CCCOCCCOc1ccccc1N. The van der Waals surface area contributed by atoms with Gasteiger partial charge in [-0.2, -0.15) is 0 Å². The van der Waals surface area contributed by atoms with Crippen LogP contribution in [0.2, 0.25) is 0 Å². The number of nitrogens with two attached hydrogens (primary N) is 1. The normalized spacial score (nSPS) is 10.8. The molecule has 0 amide bonds. The Morgan fingerprint density at radius 1 is 1.06 bits per heavy atom. The van der Waals surface area contributed by atoms with Crippen molar-refractivity contribution in [2.75, 3.05) is 25.6 Å². The molecule has 0 spiro atoms. The molecule has 0 aliphatic carbocycles. The van der Waals surface area contributed by atoms with Crippen molar-refractivity contribution in [1.29, 1.82) is 0 Å². The average molecular weight is 251 g/mol. The molecule has 1 aromatic carbocycles. The van der Waals surface area contributed by atoms with Gasteiger partial charge in [0, 0.05) is 19.6 Å². The summed E-state index contributed by atoms with van der Waals surface area (Å²) in [6, 6.07) is 7.56. The van der Waals surface area contributed by atoms with Gasteiger partial charge in [-0.25, -0.2) is 0 Å². The number of benzene rings is 1. The number of anilines is 1. The van der Waals surface area contributed by atoms with Crippen LogP contribution in [0.4, 0.5) is 5.69 Å². The highest BCUT2D eigenvalue weighted by Crippen LogP contribution is 2.19. The Morgan fingerprint density at radius 2 is 1.78 bits per heavy atom. The number of hydrogen-bond acceptors (Lipinski definition) is 3. The molecule has 0 unspecified atom stereocenters. The van der Waals surface area contributed by atoms with Gasteiger partial charge in [-0.3, -0.25) is 0 Å². The van der Waals surface area contributed by atoms with Crippen LogP contribution in [0, 0.1) is 5.92 Å². The summed E-state index contributed by atoms with van der Waals surface area (Å²) in [6.45, 7) is 6.73. The van der Waals surface area contributed by atoms with Gasteiger partial charge in [0.05, 0.1) is 12.3 Å². The first-order valence-corrected chi connectivity index (χ1v) is 6.75. The van der Waals surface area contributed by atoms with Crippen molar-refractivity contribution in [3.05, 3.63) is 24.3 Å². The van der Waals surface area contributed by atoms with E-state index in [0.29, 0.717) is 12.3 Å². The first-order chi connectivity index (χ1) is 8.70. The van der Waals surface area contributed by atoms with E-state index in [0.717, 1.165) is 37.7 Å². The zero-order chi connectivity index (χ0) is 13.2. The van der Waals surface area contributed by atoms with Crippen LogP contribution >= 0.6 is 0 Å². The Bertz CT molecular complexity index is 326. The fourth-order valence-corrected chi connectivity index (χ4v) is 1.65. The predicted molar refractivity (Wildman–Crippen MR) is 75.9 cm³/mol. The third kappa shape index (κ3) is 6.50. The second-order valence-electron chi connectivity index (χ2n) is 4.89. The van der Waals surface area contributed by atoms with Gasteiger partial charge >= 0.3 is 0 Å². The van der Waals surface area contributed by atoms with Gasteiger partial charge < -0.3 is 15.2 Å². The number of para-hydroxylation sites is 2. The summed E-state index contributed by atoms with van der Waals surface area (Å²) in [7, 11) is 0. The summed E-state index contributed by atoms with van der Waals surface area (Å²) < 4.78 is 11.1. The van der Waals surface area contributed by atoms with Crippen LogP contribution in [0.15, 0.2) is 24.3 Å². The molecule has 0 aliphatic rings. The molecule has 0 aliphatic heterocycles. The van der Waals surface area contributed by atoms with Crippen LogP contribution in [-0.2, 0) is 4.74 Å². The lowest BCUT2D eigenvalue weighted by atomic mass is 10.1. The van der Waals surface area contributed by atoms with Crippen LogP contribution < -0.4 is 10.5 Å². The smallest absolute Gasteiger partial charge is 0.142 e. The number of ether oxygens (including phenoxy) is 2. The Kier molecular flexibility index (Phi) is 7.26. The number of nitrogen functional groups attached to an aromatic ring is 1. The van der Waals surface area contributed by atoms with E-state index in [2.05, 4.69) is 13.8 Å². The van der Waals surface area contributed by atoms with Crippen LogP contribution in [0.25, 0.3) is 0 Å². The minimum absolute atomic E-state index is 0.651. The Morgan fingerprint density at radius 3 is 2.50 bits per heavy atom. The molecule has 18 heavy (non-hydrogen) atoms. The number of rotatable bonds is 9. The van der Waals surface area contributed by atoms with E-state index in [-0.39, 0.29) is 0 Å². The maximum atomic E-state index is 5.77. The molecule has 0 radical (unpaired) electrons. The second kappa shape index (κ2) is 8.81. The standard InChI is InChI=1S/C15H25NO2/c1-13(2)7-5-10-17-11-6-12-18-15-9-4-3-8-14(15)16/h3-4,8-9,13H,5-7,10-12,16H2,1-2H3. The largest absolute Gasteiger partial charge is 0.491 e. The molecule has 0 saturated carbocycles. The monoisotopic (exact) mass is 251 g/mol. The van der Waals surface area contributed by atoms with Crippen molar-refractivity contribution in [2.24, 2.45) is 5.92 Å². The first-order valence-electron chi connectivity index (χ1n) is 6.75. The van der Waals surface area contributed by atoms with Gasteiger partial charge in [0.2, 0.25) is 0 Å². The van der Waals surface area contributed by atoms with E-state index in [4.69, 9.17) is 15.2 Å². The summed E-state index contributed by atoms with van der Waals surface area (Å²) in [4.78, 5) is 0. The summed E-state index contributed by atoms with van der Waals surface area (Å²) >= 11 is 0. The van der Waals surface area contributed by atoms with Crippen molar-refractivity contribution >= 4 is 5.69 Å². The Labute approximate surface area is 110 Å². The molecule has 0 heterocycles. The molecule has 102 valence electrons. The lowest BCUT2D eigenvalue weighted by molar-refractivity contribution is 0.114. The fourth-order valence-electron chi connectivity index (χ4n) is 1.65. The van der Waals surface area contributed by atoms with E-state index in [9.17, 15) is 0 Å². The van der Waals surface area contributed by atoms with Crippen molar-refractivity contribution in [1.82, 2.24) is 0 Å². The van der Waals surface area contributed by atoms with Gasteiger partial charge in [-0.15, -0.1) is 0 Å². The van der Waals surface area contributed by atoms with Crippen LogP contribution in [0.1, 0.15) is 33.1 Å². The van der Waals surface area contributed by atoms with Crippen LogP contribution in [0.3, 0.4) is 0 Å². The maximum absolute atomic E-state index is 5.77. The third-order valence-electron chi connectivity index (χ3n) is 2.68. The van der Waals surface area contributed by atoms with Crippen molar-refractivity contribution < 1.29 is 9.47 Å². The first kappa shape index (κ1) is 14.8. The minimum atomic E-state index is 0.651. The number of hydrogen-bond donors (Lipinski definition) is 1. The van der Waals surface area contributed by atoms with Gasteiger partial charge in [0.1, 0.15) is 5.75 Å². The van der Waals surface area contributed by atoms with Crippen molar-refractivity contribution in [3.63, 3.8) is 0 Å². The quantitative estimate of drug-likeness (QED) is 0.539. The molecule has 0 atom stereocenters. The summed E-state index contributed by atoms with van der Waals surface area (Å²) in [5.41, 5.74) is 6.46. The minimum Gasteiger partial charge on any atom is -0.491 e. The highest BCUT2D eigenvalue weighted by molar-refractivity contribution is 5.51. The fraction of sp³-hybridized carbons (Fsp3) is 0.600. The molecule has 3 heteroatoms. The van der Waals surface area contributed by atoms with E-state index < -0.39 is 0 Å². The zero-order valence-corrected chi connectivity index (χ0v) is 11.5. The summed E-state index contributed by atoms with van der Waals surface area (Å²) in [5, 5.41) is 0. The van der Waals surface area contributed by atoms with Crippen molar-refractivity contribution in [3.8, 4) is 5.75 Å². The molecule has 0 saturated heterocycles. The summed E-state index contributed by atoms with van der Waals surface area (Å²) in [6.07, 6.45) is 3.28. The maximum Gasteiger partial charge on any atom is 0.142 e. The predicted octanol–water partition coefficient (Wildman–Crippen LogP) is 3.49. The molecular formula is C15H25NO2. The van der Waals surface area contributed by atoms with Crippen LogP contribution in [-0.4, -0.2) is 19.8 Å². The van der Waals surface area contributed by atoms with E-state index in [1.54, 1.807) is 0 Å². The molecular weight excluding hydrogens is 226 g/mol. The van der Waals surface area contributed by atoms with Gasteiger partial charge in [0.25, 0.3) is 0 Å². The molecule has 0 aromatic heterocycles. The topological polar surface area (TPSA) is 44.5 Å². The van der Waals surface area contributed by atoms with Crippen molar-refractivity contribution in [2.45, 2.75) is 33.1 Å². The van der Waals surface area contributed by atoms with Gasteiger partial charge in [-0.05, 0) is 30.9 Å². The lowest BCUT2D eigenvalue weighted by Crippen LogP contribution is -2.05. The summed E-state index contributed by atoms with van der Waals surface area (Å²) in [5.74, 6) is 1.52.